The molecule has 0 bridgehead atoms. The van der Waals surface area contributed by atoms with Crippen LogP contribution in [0, 0.1) is 6.92 Å². The lowest BCUT2D eigenvalue weighted by Crippen LogP contribution is -2.34. The summed E-state index contributed by atoms with van der Waals surface area (Å²) in [5.41, 5.74) is 2.66. The summed E-state index contributed by atoms with van der Waals surface area (Å²) in [4.78, 5) is 20.1. The van der Waals surface area contributed by atoms with Gasteiger partial charge in [-0.15, -0.1) is 0 Å². The van der Waals surface area contributed by atoms with E-state index in [1.807, 2.05) is 54.1 Å². The van der Waals surface area contributed by atoms with Gasteiger partial charge in [0.05, 0.1) is 17.1 Å². The van der Waals surface area contributed by atoms with Gasteiger partial charge in [0.25, 0.3) is 5.56 Å². The van der Waals surface area contributed by atoms with Crippen molar-refractivity contribution in [2.24, 2.45) is 0 Å². The fourth-order valence-corrected chi connectivity index (χ4v) is 3.58. The maximum atomic E-state index is 13.1. The van der Waals surface area contributed by atoms with Gasteiger partial charge in [0.15, 0.2) is 5.65 Å². The van der Waals surface area contributed by atoms with E-state index in [0.717, 1.165) is 43.0 Å². The third-order valence-corrected chi connectivity index (χ3v) is 4.90. The molecule has 0 radical (unpaired) electrons. The molecule has 0 unspecified atom stereocenters. The number of aromatic nitrogens is 3. The zero-order chi connectivity index (χ0) is 16.7. The lowest BCUT2D eigenvalue weighted by Gasteiger charge is -2.31. The van der Waals surface area contributed by atoms with Gasteiger partial charge in [0.1, 0.15) is 0 Å². The molecule has 0 atom stereocenters. The summed E-state index contributed by atoms with van der Waals surface area (Å²) in [6.45, 7) is 4.06. The molecule has 3 aromatic rings. The number of piperidine rings is 1. The van der Waals surface area contributed by atoms with Crippen LogP contribution in [0.5, 0.6) is 0 Å². The fourth-order valence-electron chi connectivity index (χ4n) is 3.58. The van der Waals surface area contributed by atoms with E-state index in [1.165, 1.54) is 0 Å². The van der Waals surface area contributed by atoms with Crippen LogP contribution in [0.3, 0.4) is 0 Å². The van der Waals surface area contributed by atoms with Crippen molar-refractivity contribution in [1.29, 1.82) is 0 Å². The van der Waals surface area contributed by atoms with Crippen LogP contribution in [0.4, 0.5) is 0 Å². The summed E-state index contributed by atoms with van der Waals surface area (Å²) in [7, 11) is 2.15. The van der Waals surface area contributed by atoms with Crippen molar-refractivity contribution in [3.8, 4) is 5.69 Å². The molecule has 5 heteroatoms. The van der Waals surface area contributed by atoms with Gasteiger partial charge < -0.3 is 4.90 Å². The maximum absolute atomic E-state index is 13.1. The van der Waals surface area contributed by atoms with Crippen molar-refractivity contribution in [2.75, 3.05) is 20.1 Å². The molecular weight excluding hydrogens is 300 g/mol. The fraction of sp³-hybridized carbons (Fsp3) is 0.368. The van der Waals surface area contributed by atoms with Crippen molar-refractivity contribution < 1.29 is 0 Å². The molecule has 1 aliphatic heterocycles. The molecule has 124 valence electrons. The van der Waals surface area contributed by atoms with Crippen molar-refractivity contribution in [3.05, 3.63) is 58.5 Å². The highest BCUT2D eigenvalue weighted by Crippen LogP contribution is 2.26. The Kier molecular flexibility index (Phi) is 3.73. The largest absolute Gasteiger partial charge is 0.306 e. The predicted molar refractivity (Wildman–Crippen MR) is 95.8 cm³/mol. The first kappa shape index (κ1) is 15.1. The standard InChI is InChI=1S/C19H22N4O/c1-14-8-9-17-18(20-14)22(16-10-12-21(2)13-11-16)23(19(17)24)15-6-4-3-5-7-15/h3-9,16H,10-13H2,1-2H3. The molecule has 4 rings (SSSR count). The number of benzene rings is 1. The molecule has 0 N–H and O–H groups in total. The minimum absolute atomic E-state index is 0.0163. The summed E-state index contributed by atoms with van der Waals surface area (Å²) in [5.74, 6) is 0. The summed E-state index contributed by atoms with van der Waals surface area (Å²) in [6.07, 6.45) is 2.06. The quantitative estimate of drug-likeness (QED) is 0.729. The Labute approximate surface area is 141 Å². The molecule has 2 aromatic heterocycles. The number of hydrogen-bond donors (Lipinski definition) is 0. The minimum atomic E-state index is 0.0163. The summed E-state index contributed by atoms with van der Waals surface area (Å²) in [6, 6.07) is 14.0. The lowest BCUT2D eigenvalue weighted by molar-refractivity contribution is 0.208. The maximum Gasteiger partial charge on any atom is 0.280 e. The number of nitrogens with zero attached hydrogens (tertiary/aromatic N) is 4. The van der Waals surface area contributed by atoms with Crippen molar-refractivity contribution in [2.45, 2.75) is 25.8 Å². The average Bonchev–Trinajstić information content (AvgIpc) is 2.88. The second kappa shape index (κ2) is 5.91. The van der Waals surface area contributed by atoms with E-state index in [9.17, 15) is 4.79 Å². The summed E-state index contributed by atoms with van der Waals surface area (Å²) >= 11 is 0. The Bertz CT molecular complexity index is 918. The number of fused-ring (bicyclic) bond motifs is 1. The molecule has 5 nitrogen and oxygen atoms in total. The Morgan fingerprint density at radius 2 is 1.75 bits per heavy atom. The van der Waals surface area contributed by atoms with Crippen LogP contribution in [-0.2, 0) is 0 Å². The molecule has 0 saturated carbocycles. The van der Waals surface area contributed by atoms with Crippen molar-refractivity contribution in [1.82, 2.24) is 19.2 Å². The van der Waals surface area contributed by atoms with Gasteiger partial charge in [-0.25, -0.2) is 9.67 Å². The first-order valence-electron chi connectivity index (χ1n) is 8.50. The highest BCUT2D eigenvalue weighted by molar-refractivity contribution is 5.75. The van der Waals surface area contributed by atoms with E-state index >= 15 is 0 Å². The Hall–Kier alpha value is -2.40. The monoisotopic (exact) mass is 322 g/mol. The van der Waals surface area contributed by atoms with Gasteiger partial charge >= 0.3 is 0 Å². The van der Waals surface area contributed by atoms with E-state index in [0.29, 0.717) is 11.4 Å². The highest BCUT2D eigenvalue weighted by atomic mass is 16.1. The zero-order valence-electron chi connectivity index (χ0n) is 14.1. The van der Waals surface area contributed by atoms with Crippen LogP contribution in [0.1, 0.15) is 24.6 Å². The number of hydrogen-bond acceptors (Lipinski definition) is 3. The van der Waals surface area contributed by atoms with Gasteiger partial charge in [-0.2, -0.15) is 0 Å². The first-order valence-corrected chi connectivity index (χ1v) is 8.50. The number of rotatable bonds is 2. The van der Waals surface area contributed by atoms with Crippen LogP contribution >= 0.6 is 0 Å². The van der Waals surface area contributed by atoms with Crippen molar-refractivity contribution >= 4 is 11.0 Å². The Balaban J connectivity index is 1.98. The van der Waals surface area contributed by atoms with Gasteiger partial charge in [-0.3, -0.25) is 9.48 Å². The molecule has 1 aromatic carbocycles. The van der Waals surface area contributed by atoms with Crippen LogP contribution < -0.4 is 5.56 Å². The molecule has 1 aliphatic rings. The van der Waals surface area contributed by atoms with Crippen LogP contribution in [0.25, 0.3) is 16.7 Å². The van der Waals surface area contributed by atoms with E-state index in [4.69, 9.17) is 4.98 Å². The Morgan fingerprint density at radius 1 is 1.04 bits per heavy atom. The second-order valence-electron chi connectivity index (χ2n) is 6.66. The molecule has 0 aliphatic carbocycles. The normalized spacial score (nSPS) is 16.8. The summed E-state index contributed by atoms with van der Waals surface area (Å²) in [5, 5.41) is 0.698. The van der Waals surface area contributed by atoms with E-state index in [-0.39, 0.29) is 5.56 Å². The number of para-hydroxylation sites is 1. The predicted octanol–water partition coefficient (Wildman–Crippen LogP) is 2.76. The molecule has 3 heterocycles. The molecule has 0 amide bonds. The SMILES string of the molecule is Cc1ccc2c(=O)n(-c3ccccc3)n(C3CCN(C)CC3)c2n1. The first-order chi connectivity index (χ1) is 11.6. The van der Waals surface area contributed by atoms with Crippen molar-refractivity contribution in [3.63, 3.8) is 0 Å². The third kappa shape index (κ3) is 2.45. The van der Waals surface area contributed by atoms with Crippen LogP contribution in [-0.4, -0.2) is 39.4 Å². The van der Waals surface area contributed by atoms with Crippen LogP contribution in [0.2, 0.25) is 0 Å². The zero-order valence-corrected chi connectivity index (χ0v) is 14.1. The smallest absolute Gasteiger partial charge is 0.280 e. The van der Waals surface area contributed by atoms with Gasteiger partial charge in [0.2, 0.25) is 0 Å². The highest BCUT2D eigenvalue weighted by Gasteiger charge is 2.25. The Morgan fingerprint density at radius 3 is 2.46 bits per heavy atom. The number of pyridine rings is 1. The minimum Gasteiger partial charge on any atom is -0.306 e. The van der Waals surface area contributed by atoms with Gasteiger partial charge in [-0.1, -0.05) is 18.2 Å². The lowest BCUT2D eigenvalue weighted by atomic mass is 10.1. The van der Waals surface area contributed by atoms with E-state index in [2.05, 4.69) is 16.6 Å². The van der Waals surface area contributed by atoms with E-state index < -0.39 is 0 Å². The molecule has 0 spiro atoms. The topological polar surface area (TPSA) is 43.1 Å². The summed E-state index contributed by atoms with van der Waals surface area (Å²) < 4.78 is 3.94. The average molecular weight is 322 g/mol. The molecule has 1 saturated heterocycles. The molecule has 24 heavy (non-hydrogen) atoms. The number of aryl methyl sites for hydroxylation is 1. The van der Waals surface area contributed by atoms with Crippen LogP contribution in [0.15, 0.2) is 47.3 Å². The van der Waals surface area contributed by atoms with E-state index in [1.54, 1.807) is 0 Å². The van der Waals surface area contributed by atoms with Gasteiger partial charge in [-0.05, 0) is 64.2 Å². The number of likely N-dealkylation sites (tertiary alicyclic amines) is 1. The van der Waals surface area contributed by atoms with Gasteiger partial charge in [0, 0.05) is 5.69 Å². The third-order valence-electron chi connectivity index (χ3n) is 4.90. The molecule has 1 fully saturated rings. The molecular formula is C19H22N4O. The second-order valence-corrected chi connectivity index (χ2v) is 6.66.